The summed E-state index contributed by atoms with van der Waals surface area (Å²) in [7, 11) is 0. The van der Waals surface area contributed by atoms with Gasteiger partial charge in [0, 0.05) is 10.2 Å². The molecular weight excluding hydrogens is 542 g/mol. The van der Waals surface area contributed by atoms with Gasteiger partial charge in [-0.2, -0.15) is 0 Å². The maximum absolute atomic E-state index is 13.8. The molecule has 1 aromatic heterocycles. The maximum atomic E-state index is 13.8. The van der Waals surface area contributed by atoms with E-state index in [0.717, 1.165) is 0 Å². The van der Waals surface area contributed by atoms with E-state index in [-0.39, 0.29) is 34.9 Å². The third-order valence-corrected chi connectivity index (χ3v) is 6.58. The van der Waals surface area contributed by atoms with E-state index in [1.165, 1.54) is 11.0 Å². The van der Waals surface area contributed by atoms with E-state index in [4.69, 9.17) is 13.9 Å². The average molecular weight is 564 g/mol. The Morgan fingerprint density at radius 2 is 1.78 bits per heavy atom. The molecule has 3 aromatic carbocycles. The molecule has 8 nitrogen and oxygen atoms in total. The molecule has 0 fully saturated rings. The highest BCUT2D eigenvalue weighted by atomic mass is 79.9. The third kappa shape index (κ3) is 4.25. The molecule has 0 radical (unpaired) electrons. The molecule has 0 aliphatic carbocycles. The van der Waals surface area contributed by atoms with Crippen molar-refractivity contribution < 1.29 is 28.6 Å². The highest BCUT2D eigenvalue weighted by Gasteiger charge is 2.44. The van der Waals surface area contributed by atoms with Crippen LogP contribution < -0.4 is 15.1 Å². The largest absolute Gasteiger partial charge is 0.504 e. The summed E-state index contributed by atoms with van der Waals surface area (Å²) in [4.78, 5) is 41.1. The van der Waals surface area contributed by atoms with Crippen molar-refractivity contribution >= 4 is 44.5 Å². The first-order chi connectivity index (χ1) is 17.8. The number of anilines is 1. The number of phenolic OH excluding ortho intramolecular Hbond substituents is 1. The minimum Gasteiger partial charge on any atom is -0.504 e. The predicted molar refractivity (Wildman–Crippen MR) is 141 cm³/mol. The zero-order valence-corrected chi connectivity index (χ0v) is 21.6. The third-order valence-electron chi connectivity index (χ3n) is 6.09. The van der Waals surface area contributed by atoms with Crippen molar-refractivity contribution in [3.05, 3.63) is 97.8 Å². The molecule has 1 aliphatic rings. The molecule has 37 heavy (non-hydrogen) atoms. The highest BCUT2D eigenvalue weighted by molar-refractivity contribution is 9.10. The molecule has 1 N–H and O–H groups in total. The van der Waals surface area contributed by atoms with E-state index in [0.29, 0.717) is 38.9 Å². The SMILES string of the molecule is CCOC(=O)c1ccc(N2C(=O)c3oc4ccc(Br)cc4c(=O)c3C2c2ccc(O)c(OCC)c2)cc1. The number of phenols is 1. The Bertz CT molecular complexity index is 1590. The number of rotatable bonds is 6. The van der Waals surface area contributed by atoms with Crippen LogP contribution in [0.1, 0.15) is 51.9 Å². The van der Waals surface area contributed by atoms with Crippen molar-refractivity contribution in [3.63, 3.8) is 0 Å². The van der Waals surface area contributed by atoms with E-state index in [2.05, 4.69) is 15.9 Å². The summed E-state index contributed by atoms with van der Waals surface area (Å²) in [6.45, 7) is 4.06. The maximum Gasteiger partial charge on any atom is 0.338 e. The molecule has 0 bridgehead atoms. The number of ether oxygens (including phenoxy) is 2. The van der Waals surface area contributed by atoms with Gasteiger partial charge in [-0.3, -0.25) is 14.5 Å². The van der Waals surface area contributed by atoms with Crippen LogP contribution in [0.4, 0.5) is 5.69 Å². The lowest BCUT2D eigenvalue weighted by molar-refractivity contribution is 0.0526. The second-order valence-corrected chi connectivity index (χ2v) is 9.24. The number of nitrogens with zero attached hydrogens (tertiary/aromatic N) is 1. The minimum atomic E-state index is -0.865. The van der Waals surface area contributed by atoms with Gasteiger partial charge in [-0.15, -0.1) is 0 Å². The first kappa shape index (κ1) is 24.6. The fourth-order valence-electron chi connectivity index (χ4n) is 4.47. The summed E-state index contributed by atoms with van der Waals surface area (Å²) in [5.74, 6) is -0.876. The van der Waals surface area contributed by atoms with Gasteiger partial charge >= 0.3 is 5.97 Å². The van der Waals surface area contributed by atoms with Crippen LogP contribution in [-0.2, 0) is 4.74 Å². The Hall–Kier alpha value is -4.11. The van der Waals surface area contributed by atoms with Crippen molar-refractivity contribution in [2.45, 2.75) is 19.9 Å². The number of hydrogen-bond donors (Lipinski definition) is 1. The fraction of sp³-hybridized carbons (Fsp3) is 0.179. The number of benzene rings is 3. The van der Waals surface area contributed by atoms with E-state index in [9.17, 15) is 19.5 Å². The predicted octanol–water partition coefficient (Wildman–Crippen LogP) is 5.59. The van der Waals surface area contributed by atoms with Gasteiger partial charge in [0.2, 0.25) is 5.76 Å². The number of hydrogen-bond acceptors (Lipinski definition) is 7. The number of amides is 1. The topological polar surface area (TPSA) is 106 Å². The molecule has 5 rings (SSSR count). The van der Waals surface area contributed by atoms with Crippen molar-refractivity contribution in [2.75, 3.05) is 18.1 Å². The smallest absolute Gasteiger partial charge is 0.338 e. The van der Waals surface area contributed by atoms with Crippen LogP contribution in [0.2, 0.25) is 0 Å². The fourth-order valence-corrected chi connectivity index (χ4v) is 4.83. The lowest BCUT2D eigenvalue weighted by Gasteiger charge is -2.26. The summed E-state index contributed by atoms with van der Waals surface area (Å²) in [6.07, 6.45) is 0. The lowest BCUT2D eigenvalue weighted by Crippen LogP contribution is -2.29. The number of halogens is 1. The molecule has 2 heterocycles. The van der Waals surface area contributed by atoms with Gasteiger partial charge in [-0.1, -0.05) is 22.0 Å². The number of carbonyl (C=O) groups excluding carboxylic acids is 2. The molecular formula is C28H22BrNO7. The second kappa shape index (κ2) is 9.74. The van der Waals surface area contributed by atoms with Crippen LogP contribution in [0.15, 0.2) is 74.3 Å². The van der Waals surface area contributed by atoms with Crippen molar-refractivity contribution in [1.29, 1.82) is 0 Å². The first-order valence-corrected chi connectivity index (χ1v) is 12.5. The van der Waals surface area contributed by atoms with E-state index >= 15 is 0 Å². The summed E-state index contributed by atoms with van der Waals surface area (Å²) >= 11 is 3.39. The van der Waals surface area contributed by atoms with Crippen LogP contribution in [0.25, 0.3) is 11.0 Å². The summed E-state index contributed by atoms with van der Waals surface area (Å²) in [6, 6.07) is 15.2. The molecule has 0 spiro atoms. The monoisotopic (exact) mass is 563 g/mol. The molecule has 9 heteroatoms. The molecule has 188 valence electrons. The van der Waals surface area contributed by atoms with Gasteiger partial charge in [-0.25, -0.2) is 4.79 Å². The van der Waals surface area contributed by atoms with Gasteiger partial charge < -0.3 is 19.0 Å². The van der Waals surface area contributed by atoms with E-state index in [1.807, 2.05) is 0 Å². The van der Waals surface area contributed by atoms with Gasteiger partial charge in [0.15, 0.2) is 16.9 Å². The Kier molecular flexibility index (Phi) is 6.47. The number of fused-ring (bicyclic) bond motifs is 2. The standard InChI is InChI=1S/C28H22BrNO7/c1-3-35-22-13-16(7-11-20(22)31)24-23-25(32)19-14-17(29)8-12-21(19)37-26(23)27(33)30(24)18-9-5-15(6-10-18)28(34)36-4-2/h5-14,24,31H,3-4H2,1-2H3. The van der Waals surface area contributed by atoms with Gasteiger partial charge in [0.25, 0.3) is 5.91 Å². The minimum absolute atomic E-state index is 0.0602. The van der Waals surface area contributed by atoms with E-state index in [1.54, 1.807) is 68.4 Å². The molecule has 1 atom stereocenters. The average Bonchev–Trinajstić information content (AvgIpc) is 3.18. The Labute approximate surface area is 220 Å². The molecule has 0 saturated carbocycles. The Morgan fingerprint density at radius 3 is 2.49 bits per heavy atom. The second-order valence-electron chi connectivity index (χ2n) is 8.32. The number of carbonyl (C=O) groups is 2. The summed E-state index contributed by atoms with van der Waals surface area (Å²) in [5.41, 5.74) is 1.46. The van der Waals surface area contributed by atoms with Crippen molar-refractivity contribution in [3.8, 4) is 11.5 Å². The Morgan fingerprint density at radius 1 is 1.03 bits per heavy atom. The van der Waals surface area contributed by atoms with Crippen LogP contribution in [0, 0.1) is 0 Å². The zero-order chi connectivity index (χ0) is 26.3. The zero-order valence-electron chi connectivity index (χ0n) is 20.0. The summed E-state index contributed by atoms with van der Waals surface area (Å²) < 4.78 is 17.3. The van der Waals surface area contributed by atoms with Crippen molar-refractivity contribution in [1.82, 2.24) is 0 Å². The highest BCUT2D eigenvalue weighted by Crippen LogP contribution is 2.43. The van der Waals surface area contributed by atoms with Crippen LogP contribution in [0.5, 0.6) is 11.5 Å². The van der Waals surface area contributed by atoms with E-state index < -0.39 is 17.9 Å². The molecule has 1 amide bonds. The molecule has 0 saturated heterocycles. The number of esters is 1. The van der Waals surface area contributed by atoms with Crippen LogP contribution in [0.3, 0.4) is 0 Å². The van der Waals surface area contributed by atoms with Gasteiger partial charge in [-0.05, 0) is 74.0 Å². The lowest BCUT2D eigenvalue weighted by atomic mass is 9.97. The number of aromatic hydroxyl groups is 1. The van der Waals surface area contributed by atoms with Gasteiger partial charge in [0.1, 0.15) is 5.58 Å². The van der Waals surface area contributed by atoms with Crippen LogP contribution in [-0.4, -0.2) is 30.2 Å². The van der Waals surface area contributed by atoms with Crippen molar-refractivity contribution in [2.24, 2.45) is 0 Å². The summed E-state index contributed by atoms with van der Waals surface area (Å²) in [5, 5.41) is 10.6. The van der Waals surface area contributed by atoms with Gasteiger partial charge in [0.05, 0.1) is 35.8 Å². The molecule has 1 aliphatic heterocycles. The van der Waals surface area contributed by atoms with Crippen LogP contribution >= 0.6 is 15.9 Å². The quantitative estimate of drug-likeness (QED) is 0.305. The Balaban J connectivity index is 1.72. The first-order valence-electron chi connectivity index (χ1n) is 11.7. The molecule has 1 unspecified atom stereocenters. The molecule has 4 aromatic rings. The normalized spacial score (nSPS) is 14.6.